The minimum absolute atomic E-state index is 0.0387. The molecule has 41 heavy (non-hydrogen) atoms. The second-order valence-corrected chi connectivity index (χ2v) is 12.1. The third kappa shape index (κ3) is 5.16. The van der Waals surface area contributed by atoms with Crippen LogP contribution in [0.3, 0.4) is 0 Å². The maximum atomic E-state index is 12.2. The molecule has 8 heteroatoms. The van der Waals surface area contributed by atoms with E-state index in [9.17, 15) is 9.90 Å². The molecule has 3 aliphatic rings. The lowest BCUT2D eigenvalue weighted by Crippen LogP contribution is -2.25. The average molecular weight is 552 g/mol. The SMILES string of the molecule is C[C@H](Oc1cccc(-c2cccc(-n3ncc(C(=O)O)c3C3CC3c3cn(C4CCC4)nn3)c2)c1)C1CCCCC1. The van der Waals surface area contributed by atoms with Crippen LogP contribution in [0, 0.1) is 5.92 Å². The van der Waals surface area contributed by atoms with Crippen molar-refractivity contribution in [2.75, 3.05) is 0 Å². The van der Waals surface area contributed by atoms with Crippen LogP contribution in [0.2, 0.25) is 0 Å². The van der Waals surface area contributed by atoms with Crippen molar-refractivity contribution in [1.82, 2.24) is 24.8 Å². The number of carboxylic acid groups (broad SMARTS) is 1. The first-order valence-electron chi connectivity index (χ1n) is 15.2. The number of ether oxygens (including phenoxy) is 1. The molecule has 0 saturated heterocycles. The van der Waals surface area contributed by atoms with Gasteiger partial charge in [-0.05, 0) is 86.8 Å². The third-order valence-electron chi connectivity index (χ3n) is 9.43. The molecule has 2 aromatic carbocycles. The standard InChI is InChI=1S/C33H37N5O3/c1-21(22-8-3-2-4-9-22)41-27-15-6-11-24(17-27)23-10-5-14-26(16-23)38-32(30(19-34-38)33(39)40)29-18-28(29)31-20-37(36-35-31)25-12-7-13-25/h5-6,10-11,14-17,19-22,25,28-29H,2-4,7-9,12-13,18H2,1H3,(H,39,40)/t21-,28?,29?/m0/s1. The van der Waals surface area contributed by atoms with Gasteiger partial charge in [-0.25, -0.2) is 14.2 Å². The van der Waals surface area contributed by atoms with Gasteiger partial charge in [0.2, 0.25) is 0 Å². The molecule has 3 atom stereocenters. The van der Waals surface area contributed by atoms with Crippen LogP contribution in [0.5, 0.6) is 5.75 Å². The molecule has 0 amide bonds. The highest BCUT2D eigenvalue weighted by atomic mass is 16.5. The van der Waals surface area contributed by atoms with E-state index in [4.69, 9.17) is 4.74 Å². The summed E-state index contributed by atoms with van der Waals surface area (Å²) in [5, 5.41) is 23.4. The Morgan fingerprint density at radius 2 is 1.76 bits per heavy atom. The Hall–Kier alpha value is -3.94. The van der Waals surface area contributed by atoms with Gasteiger partial charge in [-0.15, -0.1) is 5.10 Å². The highest BCUT2D eigenvalue weighted by Gasteiger charge is 2.46. The molecule has 212 valence electrons. The Kier molecular flexibility index (Phi) is 6.85. The molecule has 2 aromatic heterocycles. The predicted octanol–water partition coefficient (Wildman–Crippen LogP) is 7.17. The van der Waals surface area contributed by atoms with Gasteiger partial charge in [-0.2, -0.15) is 5.10 Å². The molecule has 3 saturated carbocycles. The van der Waals surface area contributed by atoms with E-state index in [1.807, 2.05) is 28.9 Å². The van der Waals surface area contributed by atoms with Gasteiger partial charge in [0.25, 0.3) is 0 Å². The van der Waals surface area contributed by atoms with Gasteiger partial charge in [0, 0.05) is 18.0 Å². The lowest BCUT2D eigenvalue weighted by Gasteiger charge is -2.28. The van der Waals surface area contributed by atoms with Crippen LogP contribution in [0.4, 0.5) is 0 Å². The second kappa shape index (κ2) is 10.8. The monoisotopic (exact) mass is 551 g/mol. The first-order valence-corrected chi connectivity index (χ1v) is 15.2. The van der Waals surface area contributed by atoms with Gasteiger partial charge in [-0.3, -0.25) is 0 Å². The molecule has 2 unspecified atom stereocenters. The van der Waals surface area contributed by atoms with Crippen LogP contribution in [-0.4, -0.2) is 42.0 Å². The number of carboxylic acids is 1. The maximum Gasteiger partial charge on any atom is 0.339 e. The number of carbonyl (C=O) groups is 1. The van der Waals surface area contributed by atoms with Crippen molar-refractivity contribution in [3.8, 4) is 22.6 Å². The smallest absolute Gasteiger partial charge is 0.339 e. The van der Waals surface area contributed by atoms with Crippen LogP contribution < -0.4 is 4.74 Å². The zero-order chi connectivity index (χ0) is 27.9. The summed E-state index contributed by atoms with van der Waals surface area (Å²) >= 11 is 0. The Morgan fingerprint density at radius 3 is 2.51 bits per heavy atom. The number of rotatable bonds is 9. The lowest BCUT2D eigenvalue weighted by molar-refractivity contribution is 0.0695. The molecule has 0 aliphatic heterocycles. The van der Waals surface area contributed by atoms with E-state index in [1.54, 1.807) is 4.68 Å². The van der Waals surface area contributed by atoms with Crippen molar-refractivity contribution in [1.29, 1.82) is 0 Å². The summed E-state index contributed by atoms with van der Waals surface area (Å²) in [5.74, 6) is 0.738. The van der Waals surface area contributed by atoms with Crippen LogP contribution in [-0.2, 0) is 0 Å². The lowest BCUT2D eigenvalue weighted by atomic mass is 9.86. The summed E-state index contributed by atoms with van der Waals surface area (Å²) in [6.07, 6.45) is 14.5. The zero-order valence-corrected chi connectivity index (χ0v) is 23.5. The molecule has 2 heterocycles. The quantitative estimate of drug-likeness (QED) is 0.237. The Bertz CT molecular complexity index is 1550. The molecule has 7 rings (SSSR count). The molecule has 1 N–H and O–H groups in total. The number of nitrogens with zero attached hydrogens (tertiary/aromatic N) is 5. The third-order valence-corrected chi connectivity index (χ3v) is 9.43. The van der Waals surface area contributed by atoms with Crippen molar-refractivity contribution in [3.63, 3.8) is 0 Å². The maximum absolute atomic E-state index is 12.2. The average Bonchev–Trinajstić information content (AvgIpc) is 3.38. The summed E-state index contributed by atoms with van der Waals surface area (Å²) in [7, 11) is 0. The van der Waals surface area contributed by atoms with E-state index in [1.165, 1.54) is 44.7 Å². The highest BCUT2D eigenvalue weighted by molar-refractivity contribution is 5.89. The largest absolute Gasteiger partial charge is 0.490 e. The van der Waals surface area contributed by atoms with Gasteiger partial charge in [-0.1, -0.05) is 48.7 Å². The van der Waals surface area contributed by atoms with Crippen molar-refractivity contribution < 1.29 is 14.6 Å². The molecule has 0 bridgehead atoms. The Balaban J connectivity index is 1.14. The molecular formula is C33H37N5O3. The van der Waals surface area contributed by atoms with Crippen molar-refractivity contribution >= 4 is 5.97 Å². The van der Waals surface area contributed by atoms with Gasteiger partial charge in [0.15, 0.2) is 0 Å². The summed E-state index contributed by atoms with van der Waals surface area (Å²) < 4.78 is 10.2. The second-order valence-electron chi connectivity index (χ2n) is 12.1. The van der Waals surface area contributed by atoms with E-state index in [-0.39, 0.29) is 23.5 Å². The topological polar surface area (TPSA) is 95.1 Å². The van der Waals surface area contributed by atoms with Gasteiger partial charge < -0.3 is 9.84 Å². The summed E-state index contributed by atoms with van der Waals surface area (Å²) in [6, 6.07) is 16.9. The summed E-state index contributed by atoms with van der Waals surface area (Å²) in [5.41, 5.74) is 4.86. The molecule has 0 spiro atoms. The van der Waals surface area contributed by atoms with Crippen molar-refractivity contribution in [2.24, 2.45) is 5.92 Å². The Morgan fingerprint density at radius 1 is 0.976 bits per heavy atom. The van der Waals surface area contributed by atoms with E-state index in [0.29, 0.717) is 12.0 Å². The zero-order valence-electron chi connectivity index (χ0n) is 23.5. The molecule has 8 nitrogen and oxygen atoms in total. The fourth-order valence-electron chi connectivity index (χ4n) is 6.68. The van der Waals surface area contributed by atoms with E-state index in [0.717, 1.165) is 53.2 Å². The van der Waals surface area contributed by atoms with Crippen LogP contribution in [0.25, 0.3) is 16.8 Å². The molecular weight excluding hydrogens is 514 g/mol. The van der Waals surface area contributed by atoms with Gasteiger partial charge >= 0.3 is 5.97 Å². The van der Waals surface area contributed by atoms with Gasteiger partial charge in [0.1, 0.15) is 11.3 Å². The first kappa shape index (κ1) is 26.0. The number of benzene rings is 2. The minimum atomic E-state index is -0.955. The van der Waals surface area contributed by atoms with E-state index >= 15 is 0 Å². The number of hydrogen-bond donors (Lipinski definition) is 1. The van der Waals surface area contributed by atoms with Crippen LogP contribution in [0.15, 0.2) is 60.9 Å². The fraction of sp³-hybridized carbons (Fsp3) is 0.455. The fourth-order valence-corrected chi connectivity index (χ4v) is 6.68. The molecule has 3 fully saturated rings. The van der Waals surface area contributed by atoms with Gasteiger partial charge in [0.05, 0.1) is 35.4 Å². The summed E-state index contributed by atoms with van der Waals surface area (Å²) in [4.78, 5) is 12.2. The van der Waals surface area contributed by atoms with Crippen LogP contribution in [0.1, 0.15) is 104 Å². The normalized spacial score (nSPS) is 21.8. The minimum Gasteiger partial charge on any atom is -0.490 e. The molecule has 0 radical (unpaired) electrons. The van der Waals surface area contributed by atoms with E-state index in [2.05, 4.69) is 52.8 Å². The summed E-state index contributed by atoms with van der Waals surface area (Å²) in [6.45, 7) is 2.20. The number of hydrogen-bond acceptors (Lipinski definition) is 5. The molecule has 3 aliphatic carbocycles. The predicted molar refractivity (Wildman–Crippen MR) is 156 cm³/mol. The Labute approximate surface area is 240 Å². The highest BCUT2D eigenvalue weighted by Crippen LogP contribution is 2.55. The van der Waals surface area contributed by atoms with Crippen LogP contribution >= 0.6 is 0 Å². The molecule has 4 aromatic rings. The van der Waals surface area contributed by atoms with Crippen molar-refractivity contribution in [2.45, 2.75) is 88.7 Å². The number of aromatic nitrogens is 5. The van der Waals surface area contributed by atoms with Crippen molar-refractivity contribution in [3.05, 3.63) is 77.9 Å². The van der Waals surface area contributed by atoms with E-state index < -0.39 is 5.97 Å². The first-order chi connectivity index (χ1) is 20.0. The number of aromatic carboxylic acids is 1.